The van der Waals surface area contributed by atoms with E-state index >= 15 is 0 Å². The summed E-state index contributed by atoms with van der Waals surface area (Å²) < 4.78 is 10.1. The van der Waals surface area contributed by atoms with E-state index in [0.29, 0.717) is 5.82 Å². The Kier molecular flexibility index (Phi) is 3.02. The highest BCUT2D eigenvalue weighted by Gasteiger charge is 2.10. The van der Waals surface area contributed by atoms with Crippen LogP contribution in [0.25, 0.3) is 0 Å². The van der Waals surface area contributed by atoms with Crippen molar-refractivity contribution >= 4 is 29.1 Å². The Balaban J connectivity index is 2.86. The summed E-state index contributed by atoms with van der Waals surface area (Å²) in [6.45, 7) is 2.08. The van der Waals surface area contributed by atoms with Crippen LogP contribution in [0.2, 0.25) is 0 Å². The van der Waals surface area contributed by atoms with Crippen molar-refractivity contribution in [3.05, 3.63) is 0 Å². The van der Waals surface area contributed by atoms with Gasteiger partial charge >= 0.3 is 0 Å². The summed E-state index contributed by atoms with van der Waals surface area (Å²) in [6.07, 6.45) is 0. The molecule has 1 rings (SSSR count). The molecule has 11 heavy (non-hydrogen) atoms. The first-order valence-corrected chi connectivity index (χ1v) is 4.97. The fraction of sp³-hybridized carbons (Fsp3) is 0.500. The molecule has 0 bridgehead atoms. The van der Waals surface area contributed by atoms with Gasteiger partial charge in [0.15, 0.2) is 11.6 Å². The van der Waals surface area contributed by atoms with Crippen molar-refractivity contribution in [2.24, 2.45) is 0 Å². The molecule has 0 aromatic carbocycles. The molecule has 0 spiro atoms. The first kappa shape index (κ1) is 8.67. The van der Waals surface area contributed by atoms with Crippen molar-refractivity contribution in [2.45, 2.75) is 11.1 Å². The topological polar surface area (TPSA) is 48.1 Å². The maximum absolute atomic E-state index is 5.54. The van der Waals surface area contributed by atoms with Crippen LogP contribution in [-0.4, -0.2) is 17.2 Å². The minimum atomic E-state index is 0.494. The van der Waals surface area contributed by atoms with E-state index in [1.165, 1.54) is 11.5 Å². The van der Waals surface area contributed by atoms with Gasteiger partial charge in [0.25, 0.3) is 0 Å². The SMILES string of the molecule is CCSc1snc(N)c1OC. The lowest BCUT2D eigenvalue weighted by atomic mass is 10.6. The van der Waals surface area contributed by atoms with E-state index in [9.17, 15) is 0 Å². The van der Waals surface area contributed by atoms with Crippen LogP contribution in [0.1, 0.15) is 6.92 Å². The summed E-state index contributed by atoms with van der Waals surface area (Å²) >= 11 is 3.09. The maximum atomic E-state index is 5.54. The third-order valence-corrected chi connectivity index (χ3v) is 3.08. The molecule has 1 aromatic rings. The second-order valence-corrected chi connectivity index (χ2v) is 4.13. The quantitative estimate of drug-likeness (QED) is 0.739. The van der Waals surface area contributed by atoms with E-state index in [2.05, 4.69) is 11.3 Å². The van der Waals surface area contributed by atoms with Crippen LogP contribution in [-0.2, 0) is 0 Å². The smallest absolute Gasteiger partial charge is 0.187 e. The number of methoxy groups -OCH3 is 1. The van der Waals surface area contributed by atoms with Gasteiger partial charge in [-0.1, -0.05) is 6.92 Å². The number of hydrogen-bond donors (Lipinski definition) is 1. The number of thioether (sulfide) groups is 1. The van der Waals surface area contributed by atoms with Gasteiger partial charge in [0.2, 0.25) is 0 Å². The minimum absolute atomic E-state index is 0.494. The average Bonchev–Trinajstić information content (AvgIpc) is 2.33. The Hall–Kier alpha value is -0.420. The zero-order chi connectivity index (χ0) is 8.27. The molecule has 0 aliphatic carbocycles. The molecule has 0 aliphatic rings. The first-order valence-electron chi connectivity index (χ1n) is 3.21. The molecule has 0 atom stereocenters. The summed E-state index contributed by atoms with van der Waals surface area (Å²) in [6, 6.07) is 0. The molecule has 5 heteroatoms. The molecule has 1 heterocycles. The van der Waals surface area contributed by atoms with E-state index < -0.39 is 0 Å². The number of aromatic nitrogens is 1. The largest absolute Gasteiger partial charge is 0.491 e. The first-order chi connectivity index (χ1) is 5.29. The van der Waals surface area contributed by atoms with Crippen molar-refractivity contribution in [3.8, 4) is 5.75 Å². The fourth-order valence-corrected chi connectivity index (χ4v) is 2.48. The molecule has 0 aliphatic heterocycles. The number of nitrogen functional groups attached to an aromatic ring is 1. The van der Waals surface area contributed by atoms with Crippen molar-refractivity contribution in [1.82, 2.24) is 4.37 Å². The summed E-state index contributed by atoms with van der Waals surface area (Å²) in [5.41, 5.74) is 5.54. The zero-order valence-corrected chi connectivity index (χ0v) is 8.09. The van der Waals surface area contributed by atoms with Gasteiger partial charge in [0.1, 0.15) is 4.21 Å². The van der Waals surface area contributed by atoms with E-state index in [-0.39, 0.29) is 0 Å². The Bertz CT molecular complexity index is 236. The van der Waals surface area contributed by atoms with Gasteiger partial charge in [-0.25, -0.2) is 0 Å². The van der Waals surface area contributed by atoms with Crippen LogP contribution in [0.5, 0.6) is 5.75 Å². The predicted molar refractivity (Wildman–Crippen MR) is 49.5 cm³/mol. The maximum Gasteiger partial charge on any atom is 0.187 e. The highest BCUT2D eigenvalue weighted by Crippen LogP contribution is 2.37. The van der Waals surface area contributed by atoms with Gasteiger partial charge in [0, 0.05) is 0 Å². The van der Waals surface area contributed by atoms with Crippen LogP contribution in [0, 0.1) is 0 Å². The standard InChI is InChI=1S/C6H10N2OS2/c1-3-10-6-4(9-2)5(7)8-11-6/h3H2,1-2H3,(H2,7,8). The summed E-state index contributed by atoms with van der Waals surface area (Å²) in [4.78, 5) is 0. The Labute approximate surface area is 74.1 Å². The lowest BCUT2D eigenvalue weighted by Crippen LogP contribution is -1.89. The third-order valence-electron chi connectivity index (χ3n) is 1.12. The molecular formula is C6H10N2OS2. The minimum Gasteiger partial charge on any atom is -0.491 e. The normalized spacial score (nSPS) is 10.0. The number of rotatable bonds is 3. The number of anilines is 1. The number of nitrogens with zero attached hydrogens (tertiary/aromatic N) is 1. The van der Waals surface area contributed by atoms with E-state index in [4.69, 9.17) is 10.5 Å². The zero-order valence-electron chi connectivity index (χ0n) is 6.46. The van der Waals surface area contributed by atoms with Gasteiger partial charge in [-0.3, -0.25) is 0 Å². The predicted octanol–water partition coefficient (Wildman–Crippen LogP) is 1.85. The molecule has 2 N–H and O–H groups in total. The third kappa shape index (κ3) is 1.78. The number of ether oxygens (including phenoxy) is 1. The van der Waals surface area contributed by atoms with Crippen molar-refractivity contribution < 1.29 is 4.74 Å². The molecule has 1 aromatic heterocycles. The van der Waals surface area contributed by atoms with E-state index in [1.54, 1.807) is 18.9 Å². The fourth-order valence-electron chi connectivity index (χ4n) is 0.689. The molecule has 0 fully saturated rings. The molecule has 0 unspecified atom stereocenters. The molecule has 0 radical (unpaired) electrons. The van der Waals surface area contributed by atoms with Crippen molar-refractivity contribution in [2.75, 3.05) is 18.6 Å². The number of hydrogen-bond acceptors (Lipinski definition) is 5. The molecule has 3 nitrogen and oxygen atoms in total. The molecule has 62 valence electrons. The van der Waals surface area contributed by atoms with Crippen LogP contribution in [0.15, 0.2) is 4.21 Å². The highest BCUT2D eigenvalue weighted by molar-refractivity contribution is 8.01. The van der Waals surface area contributed by atoms with Crippen LogP contribution in [0.3, 0.4) is 0 Å². The van der Waals surface area contributed by atoms with Gasteiger partial charge in [0.05, 0.1) is 7.11 Å². The Morgan fingerprint density at radius 3 is 3.00 bits per heavy atom. The average molecular weight is 190 g/mol. The molecule has 0 saturated carbocycles. The van der Waals surface area contributed by atoms with E-state index in [0.717, 1.165) is 15.7 Å². The molecular weight excluding hydrogens is 180 g/mol. The monoisotopic (exact) mass is 190 g/mol. The van der Waals surface area contributed by atoms with Gasteiger partial charge in [-0.15, -0.1) is 11.8 Å². The van der Waals surface area contributed by atoms with Crippen molar-refractivity contribution in [3.63, 3.8) is 0 Å². The van der Waals surface area contributed by atoms with Gasteiger partial charge in [-0.05, 0) is 17.3 Å². The van der Waals surface area contributed by atoms with Crippen molar-refractivity contribution in [1.29, 1.82) is 0 Å². The lowest BCUT2D eigenvalue weighted by molar-refractivity contribution is 0.410. The molecule has 0 saturated heterocycles. The van der Waals surface area contributed by atoms with Crippen LogP contribution in [0.4, 0.5) is 5.82 Å². The van der Waals surface area contributed by atoms with Crippen LogP contribution >= 0.6 is 23.3 Å². The molecule has 0 amide bonds. The lowest BCUT2D eigenvalue weighted by Gasteiger charge is -1.98. The number of nitrogens with two attached hydrogens (primary N) is 1. The summed E-state index contributed by atoms with van der Waals surface area (Å²) in [5.74, 6) is 2.23. The second kappa shape index (κ2) is 3.82. The second-order valence-electron chi connectivity index (χ2n) is 1.82. The Morgan fingerprint density at radius 1 is 1.73 bits per heavy atom. The highest BCUT2D eigenvalue weighted by atomic mass is 32.2. The van der Waals surface area contributed by atoms with Crippen LogP contribution < -0.4 is 10.5 Å². The van der Waals surface area contributed by atoms with Gasteiger partial charge in [-0.2, -0.15) is 4.37 Å². The van der Waals surface area contributed by atoms with E-state index in [1.807, 2.05) is 0 Å². The Morgan fingerprint density at radius 2 is 2.45 bits per heavy atom. The van der Waals surface area contributed by atoms with Gasteiger partial charge < -0.3 is 10.5 Å². The summed E-state index contributed by atoms with van der Waals surface area (Å²) in [7, 11) is 1.61. The summed E-state index contributed by atoms with van der Waals surface area (Å²) in [5, 5.41) is 0.